The van der Waals surface area contributed by atoms with E-state index >= 15 is 0 Å². The molecule has 1 aliphatic carbocycles. The Hall–Kier alpha value is -1.42. The van der Waals surface area contributed by atoms with Crippen molar-refractivity contribution in [2.24, 2.45) is 5.92 Å². The molecule has 0 amide bonds. The van der Waals surface area contributed by atoms with Crippen LogP contribution in [0.4, 0.5) is 0 Å². The molecule has 0 saturated heterocycles. The van der Waals surface area contributed by atoms with Crippen molar-refractivity contribution in [3.63, 3.8) is 0 Å². The molecule has 2 aromatic heterocycles. The number of hydrogen-bond donors (Lipinski definition) is 1. The van der Waals surface area contributed by atoms with E-state index in [2.05, 4.69) is 22.3 Å². The highest BCUT2D eigenvalue weighted by molar-refractivity contribution is 5.53. The molecular weight excluding hydrogens is 200 g/mol. The summed E-state index contributed by atoms with van der Waals surface area (Å²) in [5.41, 5.74) is 2.41. The summed E-state index contributed by atoms with van der Waals surface area (Å²) in [7, 11) is 0. The summed E-state index contributed by atoms with van der Waals surface area (Å²) in [6, 6.07) is 0.451. The largest absolute Gasteiger partial charge is 0.310 e. The van der Waals surface area contributed by atoms with E-state index in [0.717, 1.165) is 18.0 Å². The van der Waals surface area contributed by atoms with Crippen molar-refractivity contribution >= 4 is 5.52 Å². The van der Waals surface area contributed by atoms with Crippen molar-refractivity contribution < 1.29 is 0 Å². The normalized spacial score (nSPS) is 17.8. The minimum Gasteiger partial charge on any atom is -0.310 e. The number of rotatable bonds is 4. The van der Waals surface area contributed by atoms with Gasteiger partial charge >= 0.3 is 0 Å². The van der Waals surface area contributed by atoms with E-state index in [9.17, 15) is 0 Å². The molecule has 0 aromatic carbocycles. The monoisotopic (exact) mass is 216 g/mol. The lowest BCUT2D eigenvalue weighted by Gasteiger charge is -2.15. The molecule has 4 heteroatoms. The van der Waals surface area contributed by atoms with Gasteiger partial charge in [0.15, 0.2) is 0 Å². The molecule has 1 saturated carbocycles. The summed E-state index contributed by atoms with van der Waals surface area (Å²) in [4.78, 5) is 4.18. The predicted octanol–water partition coefficient (Wildman–Crippen LogP) is 1.79. The zero-order chi connectivity index (χ0) is 11.0. The maximum Gasteiger partial charge on any atom is 0.0892 e. The molecule has 0 spiro atoms. The second-order valence-electron chi connectivity index (χ2n) is 4.38. The third-order valence-electron chi connectivity index (χ3n) is 3.21. The van der Waals surface area contributed by atoms with Crippen LogP contribution in [0.25, 0.3) is 5.52 Å². The molecule has 1 aliphatic rings. The first-order valence-corrected chi connectivity index (χ1v) is 5.90. The summed E-state index contributed by atoms with van der Waals surface area (Å²) in [5.74, 6) is 0.785. The maximum atomic E-state index is 4.37. The number of aromatic nitrogens is 3. The van der Waals surface area contributed by atoms with Crippen molar-refractivity contribution in [1.29, 1.82) is 0 Å². The van der Waals surface area contributed by atoms with Gasteiger partial charge in [0.05, 0.1) is 17.9 Å². The minimum atomic E-state index is 0.451. The summed E-state index contributed by atoms with van der Waals surface area (Å²) < 4.78 is 1.90. The average Bonchev–Trinajstić information content (AvgIpc) is 3.06. The van der Waals surface area contributed by atoms with E-state index in [1.165, 1.54) is 18.4 Å². The third-order valence-corrected chi connectivity index (χ3v) is 3.21. The predicted molar refractivity (Wildman–Crippen MR) is 62.1 cm³/mol. The van der Waals surface area contributed by atoms with Gasteiger partial charge in [-0.25, -0.2) is 4.52 Å². The molecule has 16 heavy (non-hydrogen) atoms. The van der Waals surface area contributed by atoms with Gasteiger partial charge in [-0.2, -0.15) is 5.10 Å². The molecule has 4 nitrogen and oxygen atoms in total. The van der Waals surface area contributed by atoms with Gasteiger partial charge in [-0.3, -0.25) is 4.98 Å². The molecule has 1 fully saturated rings. The Morgan fingerprint density at radius 1 is 1.50 bits per heavy atom. The fourth-order valence-corrected chi connectivity index (χ4v) is 2.27. The van der Waals surface area contributed by atoms with E-state index in [1.54, 1.807) is 6.20 Å². The molecule has 0 aliphatic heterocycles. The van der Waals surface area contributed by atoms with Gasteiger partial charge in [-0.1, -0.05) is 6.92 Å². The Balaban J connectivity index is 2.02. The molecule has 0 radical (unpaired) electrons. The Kier molecular flexibility index (Phi) is 2.36. The van der Waals surface area contributed by atoms with Crippen molar-refractivity contribution in [2.45, 2.75) is 25.8 Å². The van der Waals surface area contributed by atoms with E-state index < -0.39 is 0 Å². The maximum absolute atomic E-state index is 4.37. The van der Waals surface area contributed by atoms with E-state index in [0.29, 0.717) is 6.04 Å². The average molecular weight is 216 g/mol. The van der Waals surface area contributed by atoms with Crippen LogP contribution in [0.3, 0.4) is 0 Å². The molecule has 0 bridgehead atoms. The number of nitrogens with one attached hydrogen (secondary N) is 1. The van der Waals surface area contributed by atoms with Crippen LogP contribution in [0.5, 0.6) is 0 Å². The zero-order valence-electron chi connectivity index (χ0n) is 9.43. The molecule has 1 atom stereocenters. The molecule has 2 heterocycles. The topological polar surface area (TPSA) is 42.2 Å². The Morgan fingerprint density at radius 2 is 2.38 bits per heavy atom. The molecule has 2 aromatic rings. The first-order chi connectivity index (χ1) is 7.90. The minimum absolute atomic E-state index is 0.451. The zero-order valence-corrected chi connectivity index (χ0v) is 9.43. The van der Waals surface area contributed by atoms with Gasteiger partial charge in [0.25, 0.3) is 0 Å². The summed E-state index contributed by atoms with van der Waals surface area (Å²) in [6.07, 6.45) is 10.2. The van der Waals surface area contributed by atoms with Crippen LogP contribution >= 0.6 is 0 Å². The Morgan fingerprint density at radius 3 is 3.12 bits per heavy atom. The first kappa shape index (κ1) is 9.78. The fraction of sp³-hybridized carbons (Fsp3) is 0.500. The molecule has 1 unspecified atom stereocenters. The lowest BCUT2D eigenvalue weighted by molar-refractivity contribution is 0.499. The van der Waals surface area contributed by atoms with Crippen molar-refractivity contribution in [2.75, 3.05) is 6.54 Å². The van der Waals surface area contributed by atoms with Crippen LogP contribution < -0.4 is 5.32 Å². The highest BCUT2D eigenvalue weighted by Gasteiger charge is 2.33. The summed E-state index contributed by atoms with van der Waals surface area (Å²) in [6.45, 7) is 3.15. The van der Waals surface area contributed by atoms with Crippen LogP contribution in [0.1, 0.15) is 31.4 Å². The molecule has 3 rings (SSSR count). The molecular formula is C12H16N4. The first-order valence-electron chi connectivity index (χ1n) is 5.90. The van der Waals surface area contributed by atoms with Crippen molar-refractivity contribution in [3.05, 3.63) is 30.4 Å². The van der Waals surface area contributed by atoms with Gasteiger partial charge in [-0.15, -0.1) is 0 Å². The smallest absolute Gasteiger partial charge is 0.0892 e. The van der Waals surface area contributed by atoms with E-state index in [-0.39, 0.29) is 0 Å². The van der Waals surface area contributed by atoms with E-state index in [4.69, 9.17) is 0 Å². The molecule has 84 valence electrons. The highest BCUT2D eigenvalue weighted by atomic mass is 15.2. The van der Waals surface area contributed by atoms with Crippen LogP contribution in [0.2, 0.25) is 0 Å². The van der Waals surface area contributed by atoms with Crippen LogP contribution in [0.15, 0.2) is 24.8 Å². The third kappa shape index (κ3) is 1.59. The summed E-state index contributed by atoms with van der Waals surface area (Å²) >= 11 is 0. The second kappa shape index (κ2) is 3.87. The summed E-state index contributed by atoms with van der Waals surface area (Å²) in [5, 5.41) is 7.93. The number of fused-ring (bicyclic) bond motifs is 1. The Bertz CT molecular complexity index is 486. The lowest BCUT2D eigenvalue weighted by atomic mass is 10.0. The Labute approximate surface area is 94.7 Å². The van der Waals surface area contributed by atoms with Crippen LogP contribution in [0, 0.1) is 5.92 Å². The van der Waals surface area contributed by atoms with Gasteiger partial charge in [0, 0.05) is 24.0 Å². The fourth-order valence-electron chi connectivity index (χ4n) is 2.27. The van der Waals surface area contributed by atoms with Crippen molar-refractivity contribution in [1.82, 2.24) is 19.9 Å². The highest BCUT2D eigenvalue weighted by Crippen LogP contribution is 2.41. The van der Waals surface area contributed by atoms with E-state index in [1.807, 2.05) is 23.1 Å². The van der Waals surface area contributed by atoms with Crippen LogP contribution in [-0.4, -0.2) is 21.1 Å². The van der Waals surface area contributed by atoms with Gasteiger partial charge in [-0.05, 0) is 25.3 Å². The second-order valence-corrected chi connectivity index (χ2v) is 4.38. The number of hydrogen-bond acceptors (Lipinski definition) is 3. The van der Waals surface area contributed by atoms with Crippen molar-refractivity contribution in [3.8, 4) is 0 Å². The van der Waals surface area contributed by atoms with Gasteiger partial charge in [0.1, 0.15) is 0 Å². The number of nitrogens with zero attached hydrogens (tertiary/aromatic N) is 3. The quantitative estimate of drug-likeness (QED) is 0.847. The van der Waals surface area contributed by atoms with Crippen LogP contribution in [-0.2, 0) is 0 Å². The van der Waals surface area contributed by atoms with Gasteiger partial charge < -0.3 is 5.32 Å². The lowest BCUT2D eigenvalue weighted by Crippen LogP contribution is -2.22. The molecule has 1 N–H and O–H groups in total. The SMILES string of the molecule is CCNC(c1cnn2ccncc12)C1CC1. The van der Waals surface area contributed by atoms with Gasteiger partial charge in [0.2, 0.25) is 0 Å². The standard InChI is InChI=1S/C12H16N4/c1-2-14-12(9-3-4-9)10-7-15-16-6-5-13-8-11(10)16/h5-9,12,14H,2-4H2,1H3.